The Hall–Kier alpha value is 0.01000. The van der Waals surface area contributed by atoms with Crippen molar-refractivity contribution in [3.05, 3.63) is 24.7 Å². The zero-order valence-electron chi connectivity index (χ0n) is 3.13. The van der Waals surface area contributed by atoms with Crippen LogP contribution in [0.3, 0.4) is 0 Å². The second-order valence-corrected chi connectivity index (χ2v) is 0.793. The highest BCUT2D eigenvalue weighted by Gasteiger charge is 1.58. The first-order valence-electron chi connectivity index (χ1n) is 1.47. The third-order valence-electron chi connectivity index (χ3n) is 0.425. The summed E-state index contributed by atoms with van der Waals surface area (Å²) in [5.74, 6) is 0. The molecule has 0 saturated carbocycles. The Kier molecular flexibility index (Phi) is 3.21. The van der Waals surface area contributed by atoms with E-state index in [1.165, 1.54) is 0 Å². The van der Waals surface area contributed by atoms with Crippen molar-refractivity contribution >= 4 is 24.0 Å². The lowest BCUT2D eigenvalue weighted by Crippen LogP contribution is -1.16. The van der Waals surface area contributed by atoms with Crippen LogP contribution in [0.15, 0.2) is 29.1 Å². The highest BCUT2D eigenvalue weighted by Crippen LogP contribution is 1.79. The van der Waals surface area contributed by atoms with Gasteiger partial charge in [0, 0.05) is 0 Å². The average Bonchev–Trinajstić information content (AvgIpc) is 1.76. The monoisotopic (exact) mass is 196 g/mol. The van der Waals surface area contributed by atoms with E-state index in [1.807, 2.05) is 12.1 Å². The van der Waals surface area contributed by atoms with Gasteiger partial charge in [-0.2, -0.15) is 0 Å². The summed E-state index contributed by atoms with van der Waals surface area (Å²) in [6, 6.07) is 3.67. The molecule has 0 aliphatic rings. The number of hydrogen-bond acceptors (Lipinski definition) is 1. The van der Waals surface area contributed by atoms with E-state index in [4.69, 9.17) is 0 Å². The lowest BCUT2D eigenvalue weighted by Gasteiger charge is -1.50. The summed E-state index contributed by atoms with van der Waals surface area (Å²) in [5.41, 5.74) is 0. The molecule has 0 saturated heterocycles. The Balaban J connectivity index is 0.000000250. The number of furan rings is 1. The van der Waals surface area contributed by atoms with Crippen molar-refractivity contribution in [2.45, 2.75) is 0 Å². The van der Waals surface area contributed by atoms with Gasteiger partial charge in [0.05, 0.1) is 12.5 Å². The molecule has 1 rings (SSSR count). The lowest BCUT2D eigenvalue weighted by atomic mass is 10.7. The predicted molar refractivity (Wildman–Crippen MR) is 34.1 cm³/mol. The highest BCUT2D eigenvalue weighted by atomic mass is 127. The molecule has 2 heteroatoms. The summed E-state index contributed by atoms with van der Waals surface area (Å²) in [4.78, 5) is 0. The fourth-order valence-corrected chi connectivity index (χ4v) is 0.227. The van der Waals surface area contributed by atoms with E-state index in [0.29, 0.717) is 0 Å². The van der Waals surface area contributed by atoms with Gasteiger partial charge in [-0.05, 0) is 12.1 Å². The first-order valence-corrected chi connectivity index (χ1v) is 1.47. The number of rotatable bonds is 0. The van der Waals surface area contributed by atoms with Crippen LogP contribution in [-0.4, -0.2) is 0 Å². The molecule has 0 aromatic carbocycles. The standard InChI is InChI=1S/C4H4O.HI/c1-2-4-5-3-1;/h1-4H;1H. The predicted octanol–water partition coefficient (Wildman–Crippen LogP) is 1.90. The molecule has 0 aliphatic carbocycles. The van der Waals surface area contributed by atoms with Gasteiger partial charge in [0.25, 0.3) is 0 Å². The van der Waals surface area contributed by atoms with Gasteiger partial charge < -0.3 is 4.42 Å². The Morgan fingerprint density at radius 3 is 1.67 bits per heavy atom. The van der Waals surface area contributed by atoms with E-state index in [1.54, 1.807) is 12.5 Å². The van der Waals surface area contributed by atoms with Gasteiger partial charge >= 0.3 is 0 Å². The minimum Gasteiger partial charge on any atom is -0.473 e. The van der Waals surface area contributed by atoms with E-state index < -0.39 is 0 Å². The molecule has 34 valence electrons. The average molecular weight is 196 g/mol. The van der Waals surface area contributed by atoms with Crippen LogP contribution in [0.2, 0.25) is 0 Å². The zero-order valence-corrected chi connectivity index (χ0v) is 5.46. The van der Waals surface area contributed by atoms with Crippen LogP contribution in [0, 0.1) is 0 Å². The normalized spacial score (nSPS) is 6.67. The highest BCUT2D eigenvalue weighted by molar-refractivity contribution is 14.0. The molecule has 1 heterocycles. The molecule has 0 aliphatic heterocycles. The molecule has 1 aromatic rings. The Labute approximate surface area is 53.4 Å². The number of halogens is 1. The summed E-state index contributed by atoms with van der Waals surface area (Å²) in [6.07, 6.45) is 3.25. The van der Waals surface area contributed by atoms with Gasteiger partial charge in [0.2, 0.25) is 0 Å². The fourth-order valence-electron chi connectivity index (χ4n) is 0.227. The minimum absolute atomic E-state index is 0. The molecule has 1 aromatic heterocycles. The molecule has 6 heavy (non-hydrogen) atoms. The van der Waals surface area contributed by atoms with Crippen LogP contribution in [0.4, 0.5) is 0 Å². The Morgan fingerprint density at radius 1 is 1.00 bits per heavy atom. The molecular weight excluding hydrogens is 191 g/mol. The van der Waals surface area contributed by atoms with E-state index in [2.05, 4.69) is 4.42 Å². The first kappa shape index (κ1) is 6.01. The molecule has 0 radical (unpaired) electrons. The van der Waals surface area contributed by atoms with Gasteiger partial charge in [-0.3, -0.25) is 0 Å². The minimum atomic E-state index is 0. The van der Waals surface area contributed by atoms with Crippen LogP contribution in [0.1, 0.15) is 0 Å². The van der Waals surface area contributed by atoms with Gasteiger partial charge in [-0.25, -0.2) is 0 Å². The van der Waals surface area contributed by atoms with E-state index >= 15 is 0 Å². The summed E-state index contributed by atoms with van der Waals surface area (Å²) in [5, 5.41) is 0. The summed E-state index contributed by atoms with van der Waals surface area (Å²) >= 11 is 0. The fraction of sp³-hybridized carbons (Fsp3) is 0. The largest absolute Gasteiger partial charge is 0.473 e. The van der Waals surface area contributed by atoms with E-state index in [-0.39, 0.29) is 24.0 Å². The summed E-state index contributed by atoms with van der Waals surface area (Å²) in [6.45, 7) is 0. The quantitative estimate of drug-likeness (QED) is 0.577. The first-order chi connectivity index (χ1) is 2.50. The van der Waals surface area contributed by atoms with Crippen LogP contribution in [0.25, 0.3) is 0 Å². The summed E-state index contributed by atoms with van der Waals surface area (Å²) < 4.78 is 4.58. The Morgan fingerprint density at radius 2 is 1.50 bits per heavy atom. The van der Waals surface area contributed by atoms with Crippen molar-refractivity contribution in [2.75, 3.05) is 0 Å². The molecule has 0 atom stereocenters. The van der Waals surface area contributed by atoms with E-state index in [9.17, 15) is 0 Å². The third kappa shape index (κ3) is 1.45. The molecule has 0 bridgehead atoms. The molecule has 0 amide bonds. The maximum absolute atomic E-state index is 4.58. The topological polar surface area (TPSA) is 13.1 Å². The molecule has 0 N–H and O–H groups in total. The van der Waals surface area contributed by atoms with Crippen molar-refractivity contribution in [1.82, 2.24) is 0 Å². The van der Waals surface area contributed by atoms with Crippen LogP contribution < -0.4 is 0 Å². The van der Waals surface area contributed by atoms with Gasteiger partial charge in [-0.15, -0.1) is 24.0 Å². The SMILES string of the molecule is I.c1ccoc1. The molecule has 0 spiro atoms. The molecular formula is C4H5IO. The second-order valence-electron chi connectivity index (χ2n) is 0.793. The van der Waals surface area contributed by atoms with Crippen LogP contribution in [-0.2, 0) is 0 Å². The maximum Gasteiger partial charge on any atom is 0.0902 e. The molecule has 1 nitrogen and oxygen atoms in total. The van der Waals surface area contributed by atoms with Gasteiger partial charge in [-0.1, -0.05) is 0 Å². The third-order valence-corrected chi connectivity index (χ3v) is 0.425. The zero-order chi connectivity index (χ0) is 3.54. The Bertz CT molecular complexity index is 64.0. The van der Waals surface area contributed by atoms with Crippen LogP contribution in [0.5, 0.6) is 0 Å². The maximum atomic E-state index is 4.58. The van der Waals surface area contributed by atoms with Crippen molar-refractivity contribution in [3.8, 4) is 0 Å². The second kappa shape index (κ2) is 3.21. The molecule has 0 fully saturated rings. The number of hydrogen-bond donors (Lipinski definition) is 0. The lowest BCUT2D eigenvalue weighted by molar-refractivity contribution is 0.567. The van der Waals surface area contributed by atoms with Crippen LogP contribution >= 0.6 is 24.0 Å². The van der Waals surface area contributed by atoms with Crippen molar-refractivity contribution in [3.63, 3.8) is 0 Å². The molecule has 0 unspecified atom stereocenters. The van der Waals surface area contributed by atoms with Gasteiger partial charge in [0.15, 0.2) is 0 Å². The van der Waals surface area contributed by atoms with E-state index in [0.717, 1.165) is 0 Å². The van der Waals surface area contributed by atoms with Crippen molar-refractivity contribution in [1.29, 1.82) is 0 Å². The summed E-state index contributed by atoms with van der Waals surface area (Å²) in [7, 11) is 0. The van der Waals surface area contributed by atoms with Crippen molar-refractivity contribution < 1.29 is 4.42 Å². The van der Waals surface area contributed by atoms with Crippen molar-refractivity contribution in [2.24, 2.45) is 0 Å². The smallest absolute Gasteiger partial charge is 0.0902 e. The van der Waals surface area contributed by atoms with Gasteiger partial charge in [0.1, 0.15) is 0 Å².